The Balaban J connectivity index is 1.59. The summed E-state index contributed by atoms with van der Waals surface area (Å²) in [7, 11) is 0. The Labute approximate surface area is 211 Å². The van der Waals surface area contributed by atoms with Crippen LogP contribution in [0.3, 0.4) is 0 Å². The lowest BCUT2D eigenvalue weighted by atomic mass is 10.1. The van der Waals surface area contributed by atoms with Gasteiger partial charge in [-0.1, -0.05) is 37.6 Å². The number of carbonyl (C=O) groups excluding carboxylic acids is 3. The standard InChI is InChI=1S/C25H36N6O5/c1-6-8-18(28-24(35)36-25(3,4)5)21(32)26-13-16-9-11-17(12-10-16)14-31-20-19(22(33)29-23(31)34)30(7-2)15-27-20/h9-12,15,18,23,34H,6-8,13-14H2,1-5H3,(H,26,32)(H,28,35)(H,29,33)/t18-,23?/m0/s1. The zero-order chi connectivity index (χ0) is 26.5. The minimum absolute atomic E-state index is 0.280. The summed E-state index contributed by atoms with van der Waals surface area (Å²) in [5.74, 6) is -0.205. The van der Waals surface area contributed by atoms with Crippen LogP contribution in [0.2, 0.25) is 0 Å². The molecule has 2 atom stereocenters. The van der Waals surface area contributed by atoms with Gasteiger partial charge in [0.1, 0.15) is 11.6 Å². The van der Waals surface area contributed by atoms with E-state index < -0.39 is 24.1 Å². The molecular weight excluding hydrogens is 464 g/mol. The zero-order valence-corrected chi connectivity index (χ0v) is 21.5. The first-order valence-electron chi connectivity index (χ1n) is 12.2. The average Bonchev–Trinajstić information content (AvgIpc) is 3.24. The van der Waals surface area contributed by atoms with Gasteiger partial charge in [0.2, 0.25) is 12.3 Å². The van der Waals surface area contributed by atoms with Crippen LogP contribution in [-0.4, -0.2) is 50.6 Å². The topological polar surface area (TPSA) is 138 Å². The molecule has 1 aromatic heterocycles. The predicted molar refractivity (Wildman–Crippen MR) is 134 cm³/mol. The molecule has 3 amide bonds. The summed E-state index contributed by atoms with van der Waals surface area (Å²) in [6, 6.07) is 6.86. The molecule has 1 unspecified atom stereocenters. The maximum atomic E-state index is 12.7. The van der Waals surface area contributed by atoms with E-state index in [-0.39, 0.29) is 11.8 Å². The molecular formula is C25H36N6O5. The molecule has 11 heteroatoms. The SMILES string of the molecule is CCC[C@H](NC(=O)OC(C)(C)C)C(=O)NCc1ccc(CN2c3ncn(CC)c3C(=O)NC2O)cc1. The van der Waals surface area contributed by atoms with Crippen LogP contribution >= 0.6 is 0 Å². The number of hydrogen-bond donors (Lipinski definition) is 4. The first kappa shape index (κ1) is 27.0. The molecule has 0 saturated heterocycles. The van der Waals surface area contributed by atoms with Crippen LogP contribution in [0.25, 0.3) is 0 Å². The number of benzene rings is 1. The highest BCUT2D eigenvalue weighted by atomic mass is 16.6. The number of aliphatic hydroxyl groups is 1. The van der Waals surface area contributed by atoms with Gasteiger partial charge >= 0.3 is 6.09 Å². The van der Waals surface area contributed by atoms with Gasteiger partial charge in [-0.05, 0) is 45.2 Å². The molecule has 36 heavy (non-hydrogen) atoms. The molecule has 0 spiro atoms. The molecule has 0 fully saturated rings. The van der Waals surface area contributed by atoms with Gasteiger partial charge < -0.3 is 35.3 Å². The van der Waals surface area contributed by atoms with E-state index in [1.165, 1.54) is 0 Å². The van der Waals surface area contributed by atoms with Crippen LogP contribution in [-0.2, 0) is 29.2 Å². The number of carbonyl (C=O) groups is 3. The van der Waals surface area contributed by atoms with Crippen LogP contribution in [0, 0.1) is 0 Å². The summed E-state index contributed by atoms with van der Waals surface area (Å²) in [4.78, 5) is 43.0. The number of aryl methyl sites for hydroxylation is 1. The van der Waals surface area contributed by atoms with E-state index >= 15 is 0 Å². The monoisotopic (exact) mass is 500 g/mol. The van der Waals surface area contributed by atoms with Gasteiger partial charge in [0.25, 0.3) is 5.91 Å². The number of imidazole rings is 1. The Morgan fingerprint density at radius 1 is 1.19 bits per heavy atom. The maximum absolute atomic E-state index is 12.7. The van der Waals surface area contributed by atoms with Crippen molar-refractivity contribution in [2.45, 2.75) is 85.1 Å². The number of ether oxygens (including phenoxy) is 1. The number of fused-ring (bicyclic) bond motifs is 1. The van der Waals surface area contributed by atoms with Crippen molar-refractivity contribution in [2.24, 2.45) is 0 Å². The minimum atomic E-state index is -1.18. The van der Waals surface area contributed by atoms with E-state index in [9.17, 15) is 19.5 Å². The van der Waals surface area contributed by atoms with Crippen LogP contribution in [0.15, 0.2) is 30.6 Å². The molecule has 1 aliphatic rings. The molecule has 11 nitrogen and oxygen atoms in total. The van der Waals surface area contributed by atoms with E-state index in [0.717, 1.165) is 17.5 Å². The van der Waals surface area contributed by atoms with E-state index in [0.29, 0.717) is 37.6 Å². The number of alkyl carbamates (subject to hydrolysis) is 1. The number of anilines is 1. The third-order valence-corrected chi connectivity index (χ3v) is 5.63. The van der Waals surface area contributed by atoms with Crippen molar-refractivity contribution in [3.8, 4) is 0 Å². The molecule has 196 valence electrons. The van der Waals surface area contributed by atoms with Crippen LogP contribution < -0.4 is 20.9 Å². The Morgan fingerprint density at radius 2 is 1.86 bits per heavy atom. The lowest BCUT2D eigenvalue weighted by molar-refractivity contribution is -0.123. The highest BCUT2D eigenvalue weighted by molar-refractivity contribution is 5.99. The number of aliphatic hydroxyl groups excluding tert-OH is 1. The fourth-order valence-corrected chi connectivity index (χ4v) is 3.87. The quantitative estimate of drug-likeness (QED) is 0.414. The van der Waals surface area contributed by atoms with Crippen molar-refractivity contribution in [1.29, 1.82) is 0 Å². The fraction of sp³-hybridized carbons (Fsp3) is 0.520. The smallest absolute Gasteiger partial charge is 0.408 e. The third-order valence-electron chi connectivity index (χ3n) is 5.63. The van der Waals surface area contributed by atoms with Gasteiger partial charge in [-0.25, -0.2) is 9.78 Å². The van der Waals surface area contributed by atoms with E-state index in [1.807, 2.05) is 38.1 Å². The number of aromatic nitrogens is 2. The second-order valence-corrected chi connectivity index (χ2v) is 9.70. The summed E-state index contributed by atoms with van der Waals surface area (Å²) < 4.78 is 7.00. The molecule has 3 rings (SSSR count). The fourth-order valence-electron chi connectivity index (χ4n) is 3.87. The highest BCUT2D eigenvalue weighted by Gasteiger charge is 2.33. The number of rotatable bonds is 9. The number of nitrogens with one attached hydrogen (secondary N) is 3. The first-order valence-corrected chi connectivity index (χ1v) is 12.2. The minimum Gasteiger partial charge on any atom is -0.444 e. The van der Waals surface area contributed by atoms with Crippen LogP contribution in [0.4, 0.5) is 10.6 Å². The van der Waals surface area contributed by atoms with Gasteiger partial charge in [0.05, 0.1) is 6.33 Å². The molecule has 4 N–H and O–H groups in total. The number of hydrogen-bond acceptors (Lipinski definition) is 7. The average molecular weight is 501 g/mol. The van der Waals surface area contributed by atoms with Crippen molar-refractivity contribution in [3.63, 3.8) is 0 Å². The van der Waals surface area contributed by atoms with E-state index in [1.54, 1.807) is 36.6 Å². The molecule has 0 saturated carbocycles. The number of nitrogens with zero attached hydrogens (tertiary/aromatic N) is 3. The van der Waals surface area contributed by atoms with Gasteiger partial charge in [0.15, 0.2) is 11.5 Å². The van der Waals surface area contributed by atoms with E-state index in [4.69, 9.17) is 4.74 Å². The van der Waals surface area contributed by atoms with Crippen molar-refractivity contribution >= 4 is 23.7 Å². The van der Waals surface area contributed by atoms with Gasteiger partial charge in [0, 0.05) is 19.6 Å². The van der Waals surface area contributed by atoms with Gasteiger partial charge in [-0.2, -0.15) is 0 Å². The van der Waals surface area contributed by atoms with Gasteiger partial charge in [-0.3, -0.25) is 9.59 Å². The molecule has 0 aliphatic carbocycles. The molecule has 2 aromatic rings. The molecule has 0 radical (unpaired) electrons. The highest BCUT2D eigenvalue weighted by Crippen LogP contribution is 2.26. The summed E-state index contributed by atoms with van der Waals surface area (Å²) in [6.07, 6.45) is 1.00. The van der Waals surface area contributed by atoms with Crippen molar-refractivity contribution in [2.75, 3.05) is 4.90 Å². The third kappa shape index (κ3) is 6.75. The Bertz CT molecular complexity index is 1080. The summed E-state index contributed by atoms with van der Waals surface area (Å²) in [5.41, 5.74) is 1.55. The van der Waals surface area contributed by atoms with Crippen LogP contribution in [0.5, 0.6) is 0 Å². The first-order chi connectivity index (χ1) is 17.0. The van der Waals surface area contributed by atoms with Gasteiger partial charge in [-0.15, -0.1) is 0 Å². The summed E-state index contributed by atoms with van der Waals surface area (Å²) in [6.45, 7) is 10.4. The Kier molecular flexibility index (Phi) is 8.57. The van der Waals surface area contributed by atoms with Crippen molar-refractivity contribution in [1.82, 2.24) is 25.5 Å². The Hall–Kier alpha value is -3.60. The summed E-state index contributed by atoms with van der Waals surface area (Å²) in [5, 5.41) is 18.5. The normalized spacial score (nSPS) is 16.1. The molecule has 1 aromatic carbocycles. The lowest BCUT2D eigenvalue weighted by Gasteiger charge is -2.33. The van der Waals surface area contributed by atoms with Crippen molar-refractivity contribution < 1.29 is 24.2 Å². The zero-order valence-electron chi connectivity index (χ0n) is 21.5. The van der Waals surface area contributed by atoms with E-state index in [2.05, 4.69) is 20.9 Å². The predicted octanol–water partition coefficient (Wildman–Crippen LogP) is 2.24. The van der Waals surface area contributed by atoms with Crippen molar-refractivity contribution in [3.05, 3.63) is 47.4 Å². The second kappa shape index (κ2) is 11.4. The molecule has 1 aliphatic heterocycles. The maximum Gasteiger partial charge on any atom is 0.408 e. The Morgan fingerprint density at radius 3 is 2.47 bits per heavy atom. The van der Waals surface area contributed by atoms with Crippen LogP contribution in [0.1, 0.15) is 69.1 Å². The molecule has 0 bridgehead atoms. The largest absolute Gasteiger partial charge is 0.444 e. The second-order valence-electron chi connectivity index (χ2n) is 9.70. The molecule has 2 heterocycles. The lowest BCUT2D eigenvalue weighted by Crippen LogP contribution is -2.53. The number of amides is 3. The summed E-state index contributed by atoms with van der Waals surface area (Å²) >= 11 is 0.